The number of nitrogens with one attached hydrogen (secondary N) is 1. The predicted molar refractivity (Wildman–Crippen MR) is 52.3 cm³/mol. The molecule has 0 aliphatic carbocycles. The Kier molecular flexibility index (Phi) is 4.30. The van der Waals surface area contributed by atoms with Crippen LogP contribution < -0.4 is 5.56 Å². The van der Waals surface area contributed by atoms with Crippen molar-refractivity contribution < 1.29 is 22.7 Å². The minimum atomic E-state index is -3.24. The number of pyridine rings is 1. The first kappa shape index (κ1) is 13.3. The summed E-state index contributed by atoms with van der Waals surface area (Å²) in [5, 5.41) is 0. The number of alkyl halides is 2. The van der Waals surface area contributed by atoms with Gasteiger partial charge in [-0.3, -0.25) is 9.59 Å². The first-order valence-electron chi connectivity index (χ1n) is 4.81. The van der Waals surface area contributed by atoms with Gasteiger partial charge in [0.2, 0.25) is 0 Å². The summed E-state index contributed by atoms with van der Waals surface area (Å²) in [6, 6.07) is 0. The zero-order valence-corrected chi connectivity index (χ0v) is 8.93. The molecule has 1 aromatic heterocycles. The van der Waals surface area contributed by atoms with Gasteiger partial charge < -0.3 is 9.72 Å². The molecule has 0 bridgehead atoms. The number of carbonyl (C=O) groups excluding carboxylic acids is 1. The van der Waals surface area contributed by atoms with Crippen LogP contribution in [-0.4, -0.2) is 17.6 Å². The molecule has 0 radical (unpaired) electrons. The van der Waals surface area contributed by atoms with E-state index in [4.69, 9.17) is 0 Å². The van der Waals surface area contributed by atoms with E-state index in [1.54, 1.807) is 6.92 Å². The first-order valence-corrected chi connectivity index (χ1v) is 4.81. The van der Waals surface area contributed by atoms with Gasteiger partial charge in [0.25, 0.3) is 12.0 Å². The highest BCUT2D eigenvalue weighted by Crippen LogP contribution is 2.20. The van der Waals surface area contributed by atoms with E-state index in [1.165, 1.54) is 0 Å². The smallest absolute Gasteiger partial charge is 0.310 e. The zero-order valence-electron chi connectivity index (χ0n) is 8.93. The first-order chi connectivity index (χ1) is 7.97. The molecule has 0 aliphatic rings. The number of aromatic nitrogens is 1. The normalized spacial score (nSPS) is 10.6. The molecule has 4 nitrogen and oxygen atoms in total. The van der Waals surface area contributed by atoms with E-state index in [9.17, 15) is 22.8 Å². The third-order valence-corrected chi connectivity index (χ3v) is 2.00. The number of aromatic amines is 1. The maximum Gasteiger partial charge on any atom is 0.310 e. The Morgan fingerprint density at radius 1 is 1.53 bits per heavy atom. The van der Waals surface area contributed by atoms with Crippen LogP contribution >= 0.6 is 0 Å². The fourth-order valence-electron chi connectivity index (χ4n) is 1.26. The van der Waals surface area contributed by atoms with Crippen LogP contribution in [0.4, 0.5) is 13.2 Å². The highest BCUT2D eigenvalue weighted by molar-refractivity contribution is 5.72. The molecule has 0 saturated carbocycles. The Bertz CT molecular complexity index is 470. The molecule has 0 aliphatic heterocycles. The van der Waals surface area contributed by atoms with Gasteiger partial charge >= 0.3 is 5.97 Å². The summed E-state index contributed by atoms with van der Waals surface area (Å²) in [6.07, 6.45) is -2.85. The Hall–Kier alpha value is -1.79. The summed E-state index contributed by atoms with van der Waals surface area (Å²) in [5.74, 6) is -2.12. The number of rotatable bonds is 4. The summed E-state index contributed by atoms with van der Waals surface area (Å²) < 4.78 is 42.8. The van der Waals surface area contributed by atoms with Crippen molar-refractivity contribution in [2.75, 3.05) is 6.61 Å². The molecule has 94 valence electrons. The van der Waals surface area contributed by atoms with Gasteiger partial charge in [-0.1, -0.05) is 0 Å². The van der Waals surface area contributed by atoms with Crippen molar-refractivity contribution in [2.24, 2.45) is 0 Å². The van der Waals surface area contributed by atoms with Gasteiger partial charge in [-0.25, -0.2) is 13.2 Å². The summed E-state index contributed by atoms with van der Waals surface area (Å²) in [4.78, 5) is 24.0. The van der Waals surface area contributed by atoms with Gasteiger partial charge in [0, 0.05) is 11.8 Å². The topological polar surface area (TPSA) is 59.2 Å². The van der Waals surface area contributed by atoms with Crippen LogP contribution in [0.2, 0.25) is 0 Å². The van der Waals surface area contributed by atoms with Crippen LogP contribution in [0, 0.1) is 5.82 Å². The van der Waals surface area contributed by atoms with E-state index >= 15 is 0 Å². The maximum atomic E-state index is 13.5. The molecular formula is C10H10F3NO3. The van der Waals surface area contributed by atoms with Crippen molar-refractivity contribution in [1.82, 2.24) is 4.98 Å². The van der Waals surface area contributed by atoms with Crippen molar-refractivity contribution >= 4 is 5.97 Å². The predicted octanol–water partition coefficient (Wildman–Crippen LogP) is 1.56. The van der Waals surface area contributed by atoms with Crippen molar-refractivity contribution in [3.63, 3.8) is 0 Å². The van der Waals surface area contributed by atoms with Crippen LogP contribution in [0.25, 0.3) is 0 Å². The number of H-pyrrole nitrogens is 1. The van der Waals surface area contributed by atoms with Gasteiger partial charge in [0.05, 0.1) is 13.0 Å². The van der Waals surface area contributed by atoms with Crippen LogP contribution in [0.3, 0.4) is 0 Å². The fraction of sp³-hybridized carbons (Fsp3) is 0.400. The average molecular weight is 249 g/mol. The van der Waals surface area contributed by atoms with Crippen LogP contribution in [0.15, 0.2) is 11.0 Å². The van der Waals surface area contributed by atoms with E-state index in [0.29, 0.717) is 0 Å². The number of hydrogen-bond acceptors (Lipinski definition) is 3. The molecule has 1 rings (SSSR count). The second kappa shape index (κ2) is 5.51. The number of ether oxygens (including phenoxy) is 1. The van der Waals surface area contributed by atoms with Gasteiger partial charge in [-0.15, -0.1) is 0 Å². The molecule has 0 fully saturated rings. The molecule has 1 N–H and O–H groups in total. The Morgan fingerprint density at radius 3 is 2.71 bits per heavy atom. The molecule has 7 heteroatoms. The number of hydrogen-bond donors (Lipinski definition) is 1. The summed E-state index contributed by atoms with van der Waals surface area (Å²) >= 11 is 0. The molecule has 0 saturated heterocycles. The monoisotopic (exact) mass is 249 g/mol. The summed E-state index contributed by atoms with van der Waals surface area (Å²) in [6.45, 7) is 1.66. The van der Waals surface area contributed by atoms with E-state index in [0.717, 1.165) is 6.20 Å². The van der Waals surface area contributed by atoms with E-state index in [2.05, 4.69) is 4.74 Å². The third kappa shape index (κ3) is 3.08. The molecule has 1 heterocycles. The number of halogens is 3. The lowest BCUT2D eigenvalue weighted by Crippen LogP contribution is -2.19. The average Bonchev–Trinajstić information content (AvgIpc) is 2.22. The van der Waals surface area contributed by atoms with Crippen LogP contribution in [-0.2, 0) is 16.0 Å². The third-order valence-electron chi connectivity index (χ3n) is 2.00. The summed E-state index contributed by atoms with van der Waals surface area (Å²) in [7, 11) is 0. The number of esters is 1. The van der Waals surface area contributed by atoms with Crippen molar-refractivity contribution in [3.05, 3.63) is 33.5 Å². The zero-order chi connectivity index (χ0) is 13.0. The van der Waals surface area contributed by atoms with Gasteiger partial charge in [0.1, 0.15) is 11.4 Å². The van der Waals surface area contributed by atoms with Crippen molar-refractivity contribution in [2.45, 2.75) is 19.8 Å². The fourth-order valence-corrected chi connectivity index (χ4v) is 1.26. The van der Waals surface area contributed by atoms with Crippen LogP contribution in [0.5, 0.6) is 0 Å². The highest BCUT2D eigenvalue weighted by atomic mass is 19.3. The van der Waals surface area contributed by atoms with Gasteiger partial charge in [-0.05, 0) is 6.92 Å². The molecule has 17 heavy (non-hydrogen) atoms. The Morgan fingerprint density at radius 2 is 2.18 bits per heavy atom. The summed E-state index contributed by atoms with van der Waals surface area (Å²) in [5.41, 5.74) is -2.78. The maximum absolute atomic E-state index is 13.5. The minimum Gasteiger partial charge on any atom is -0.466 e. The Labute approximate surface area is 94.4 Å². The van der Waals surface area contributed by atoms with Gasteiger partial charge in [-0.2, -0.15) is 0 Å². The SMILES string of the molecule is CCOC(=O)Cc1c[nH]c(=O)c(C(F)F)c1F. The lowest BCUT2D eigenvalue weighted by atomic mass is 10.1. The molecule has 0 spiro atoms. The lowest BCUT2D eigenvalue weighted by molar-refractivity contribution is -0.142. The van der Waals surface area contributed by atoms with Crippen LogP contribution in [0.1, 0.15) is 24.5 Å². The van der Waals surface area contributed by atoms with E-state index in [1.807, 2.05) is 4.98 Å². The van der Waals surface area contributed by atoms with Crippen molar-refractivity contribution in [1.29, 1.82) is 0 Å². The molecule has 0 amide bonds. The van der Waals surface area contributed by atoms with Crippen molar-refractivity contribution in [3.8, 4) is 0 Å². The molecule has 0 unspecified atom stereocenters. The molecule has 0 aromatic carbocycles. The molecule has 1 aromatic rings. The van der Waals surface area contributed by atoms with E-state index in [-0.39, 0.29) is 12.2 Å². The van der Waals surface area contributed by atoms with Gasteiger partial charge in [0.15, 0.2) is 0 Å². The second-order valence-corrected chi connectivity index (χ2v) is 3.15. The Balaban J connectivity index is 3.07. The van der Waals surface area contributed by atoms with E-state index < -0.39 is 35.8 Å². The largest absolute Gasteiger partial charge is 0.466 e. The second-order valence-electron chi connectivity index (χ2n) is 3.15. The standard InChI is InChI=1S/C10H10F3NO3/c1-2-17-6(15)3-5-4-14-10(16)7(8(5)11)9(12)13/h4,9H,2-3H2,1H3,(H,14,16). The molecule has 0 atom stereocenters. The lowest BCUT2D eigenvalue weighted by Gasteiger charge is -2.06. The quantitative estimate of drug-likeness (QED) is 0.824. The number of carbonyl (C=O) groups is 1. The minimum absolute atomic E-state index is 0.103. The molecular weight excluding hydrogens is 239 g/mol. The highest BCUT2D eigenvalue weighted by Gasteiger charge is 2.22.